The molecule has 0 saturated carbocycles. The monoisotopic (exact) mass is 325 g/mol. The Kier molecular flexibility index (Phi) is 5.12. The normalized spacial score (nSPS) is 17.3. The maximum Gasteiger partial charge on any atom is 0.270 e. The molecule has 0 radical (unpaired) electrons. The largest absolute Gasteiger partial charge is 0.342 e. The molecular weight excluding hydrogens is 306 g/mol. The van der Waals surface area contributed by atoms with Gasteiger partial charge in [-0.25, -0.2) is 0 Å². The Balaban J connectivity index is 1.63. The van der Waals surface area contributed by atoms with Crippen molar-refractivity contribution < 1.29 is 9.59 Å². The first-order chi connectivity index (χ1) is 11.8. The summed E-state index contributed by atoms with van der Waals surface area (Å²) in [6.07, 6.45) is 5.02. The van der Waals surface area contributed by atoms with Gasteiger partial charge in [0.1, 0.15) is 5.69 Å². The summed E-state index contributed by atoms with van der Waals surface area (Å²) in [7, 11) is 0. The molecule has 2 aromatic rings. The van der Waals surface area contributed by atoms with E-state index in [-0.39, 0.29) is 24.4 Å². The van der Waals surface area contributed by atoms with Crippen LogP contribution >= 0.6 is 0 Å². The van der Waals surface area contributed by atoms with Crippen LogP contribution in [0.2, 0.25) is 0 Å². The minimum Gasteiger partial charge on any atom is -0.342 e. The Morgan fingerprint density at radius 3 is 2.92 bits per heavy atom. The van der Waals surface area contributed by atoms with Gasteiger partial charge < -0.3 is 15.5 Å². The van der Waals surface area contributed by atoms with E-state index in [4.69, 9.17) is 0 Å². The average molecular weight is 325 g/mol. The van der Waals surface area contributed by atoms with Gasteiger partial charge in [-0.2, -0.15) is 0 Å². The first-order valence-electron chi connectivity index (χ1n) is 7.85. The Bertz CT molecular complexity index is 693. The Morgan fingerprint density at radius 2 is 2.17 bits per heavy atom. The number of nitrogens with one attached hydrogen (secondary N) is 2. The zero-order valence-electron chi connectivity index (χ0n) is 13.2. The third-order valence-corrected chi connectivity index (χ3v) is 3.93. The fourth-order valence-corrected chi connectivity index (χ4v) is 2.72. The van der Waals surface area contributed by atoms with E-state index in [1.165, 1.54) is 0 Å². The van der Waals surface area contributed by atoms with Gasteiger partial charge in [-0.05, 0) is 23.8 Å². The highest BCUT2D eigenvalue weighted by atomic mass is 16.2. The smallest absolute Gasteiger partial charge is 0.270 e. The number of nitrogens with zero attached hydrogens (tertiary/aromatic N) is 3. The highest BCUT2D eigenvalue weighted by Gasteiger charge is 2.28. The van der Waals surface area contributed by atoms with Gasteiger partial charge in [-0.15, -0.1) is 0 Å². The number of pyridine rings is 2. The zero-order valence-corrected chi connectivity index (χ0v) is 13.2. The molecule has 2 aromatic heterocycles. The van der Waals surface area contributed by atoms with Crippen LogP contribution in [0.3, 0.4) is 0 Å². The molecule has 1 fully saturated rings. The summed E-state index contributed by atoms with van der Waals surface area (Å²) in [5.74, 6) is -0.466. The number of rotatable bonds is 4. The van der Waals surface area contributed by atoms with Crippen LogP contribution in [0.15, 0.2) is 48.9 Å². The molecule has 0 aliphatic carbocycles. The molecule has 2 amide bonds. The number of amides is 2. The van der Waals surface area contributed by atoms with Crippen molar-refractivity contribution in [3.05, 3.63) is 60.2 Å². The zero-order chi connectivity index (χ0) is 16.8. The van der Waals surface area contributed by atoms with Crippen molar-refractivity contribution in [3.63, 3.8) is 0 Å². The van der Waals surface area contributed by atoms with E-state index < -0.39 is 0 Å². The molecule has 2 N–H and O–H groups in total. The van der Waals surface area contributed by atoms with Crippen LogP contribution in [0, 0.1) is 0 Å². The van der Waals surface area contributed by atoms with Crippen LogP contribution in [0.5, 0.6) is 0 Å². The number of carbonyl (C=O) groups is 2. The number of aromatic nitrogens is 2. The van der Waals surface area contributed by atoms with Crippen molar-refractivity contribution in [1.29, 1.82) is 0 Å². The predicted octanol–water partition coefficient (Wildman–Crippen LogP) is 0.380. The molecule has 1 aliphatic heterocycles. The predicted molar refractivity (Wildman–Crippen MR) is 88.1 cm³/mol. The van der Waals surface area contributed by atoms with Gasteiger partial charge in [-0.3, -0.25) is 19.6 Å². The lowest BCUT2D eigenvalue weighted by molar-refractivity contribution is -0.133. The molecule has 0 spiro atoms. The summed E-state index contributed by atoms with van der Waals surface area (Å²) in [5, 5.41) is 5.93. The highest BCUT2D eigenvalue weighted by molar-refractivity contribution is 5.94. The summed E-state index contributed by atoms with van der Waals surface area (Å²) in [4.78, 5) is 34.5. The van der Waals surface area contributed by atoms with E-state index >= 15 is 0 Å². The van der Waals surface area contributed by atoms with Crippen LogP contribution in [-0.2, 0) is 4.79 Å². The molecule has 24 heavy (non-hydrogen) atoms. The summed E-state index contributed by atoms with van der Waals surface area (Å²) in [5.41, 5.74) is 1.28. The third kappa shape index (κ3) is 3.75. The van der Waals surface area contributed by atoms with Gasteiger partial charge in [0.25, 0.3) is 5.91 Å². The van der Waals surface area contributed by atoms with E-state index in [1.54, 1.807) is 41.7 Å². The first-order valence-corrected chi connectivity index (χ1v) is 7.85. The van der Waals surface area contributed by atoms with Crippen molar-refractivity contribution >= 4 is 11.8 Å². The van der Waals surface area contributed by atoms with Gasteiger partial charge in [0.2, 0.25) is 5.91 Å². The highest BCUT2D eigenvalue weighted by Crippen LogP contribution is 2.21. The van der Waals surface area contributed by atoms with Crippen LogP contribution < -0.4 is 10.6 Å². The van der Waals surface area contributed by atoms with E-state index in [0.29, 0.717) is 18.8 Å². The molecule has 1 unspecified atom stereocenters. The summed E-state index contributed by atoms with van der Waals surface area (Å²) >= 11 is 0. The van der Waals surface area contributed by atoms with Gasteiger partial charge in [0.05, 0.1) is 12.6 Å². The molecule has 7 nitrogen and oxygen atoms in total. The van der Waals surface area contributed by atoms with Crippen LogP contribution in [0.1, 0.15) is 22.1 Å². The molecule has 1 saturated heterocycles. The number of hydrogen-bond donors (Lipinski definition) is 2. The lowest BCUT2D eigenvalue weighted by Gasteiger charge is -2.36. The third-order valence-electron chi connectivity index (χ3n) is 3.93. The van der Waals surface area contributed by atoms with Crippen molar-refractivity contribution in [2.45, 2.75) is 6.04 Å². The molecule has 0 bridgehead atoms. The molecule has 3 heterocycles. The van der Waals surface area contributed by atoms with Crippen LogP contribution in [0.25, 0.3) is 0 Å². The average Bonchev–Trinajstić information content (AvgIpc) is 2.67. The minimum absolute atomic E-state index is 0.0494. The van der Waals surface area contributed by atoms with E-state index in [0.717, 1.165) is 12.1 Å². The molecule has 0 aromatic carbocycles. The topological polar surface area (TPSA) is 87.2 Å². The van der Waals surface area contributed by atoms with Gasteiger partial charge in [0, 0.05) is 38.2 Å². The number of hydrogen-bond acceptors (Lipinski definition) is 5. The van der Waals surface area contributed by atoms with Crippen molar-refractivity contribution in [2.24, 2.45) is 0 Å². The van der Waals surface area contributed by atoms with E-state index in [2.05, 4.69) is 20.6 Å². The maximum absolute atomic E-state index is 12.6. The fraction of sp³-hybridized carbons (Fsp3) is 0.294. The Hall–Kier alpha value is -2.80. The van der Waals surface area contributed by atoms with Gasteiger partial charge in [0.15, 0.2) is 0 Å². The molecule has 3 rings (SSSR count). The summed E-state index contributed by atoms with van der Waals surface area (Å²) in [6.45, 7) is 1.95. The summed E-state index contributed by atoms with van der Waals surface area (Å²) < 4.78 is 0. The van der Waals surface area contributed by atoms with Gasteiger partial charge in [-0.1, -0.05) is 12.1 Å². The van der Waals surface area contributed by atoms with Crippen LogP contribution in [-0.4, -0.2) is 52.9 Å². The number of carbonyl (C=O) groups excluding carboxylic acids is 2. The maximum atomic E-state index is 12.6. The summed E-state index contributed by atoms with van der Waals surface area (Å²) in [6, 6.07) is 8.82. The van der Waals surface area contributed by atoms with Crippen LogP contribution in [0.4, 0.5) is 0 Å². The SMILES string of the molecule is O=C(NCC(=O)N1CCNCC1c1cccnc1)c1ccccn1. The lowest BCUT2D eigenvalue weighted by atomic mass is 10.1. The molecule has 1 aliphatic rings. The van der Waals surface area contributed by atoms with Crippen molar-refractivity contribution in [1.82, 2.24) is 25.5 Å². The Labute approximate surface area is 140 Å². The van der Waals surface area contributed by atoms with Crippen molar-refractivity contribution in [2.75, 3.05) is 26.2 Å². The van der Waals surface area contributed by atoms with Gasteiger partial charge >= 0.3 is 0 Å². The standard InChI is InChI=1S/C17H19N5O2/c23-16(12-21-17(24)14-5-1-2-7-20-14)22-9-8-19-11-15(22)13-4-3-6-18-10-13/h1-7,10,15,19H,8-9,11-12H2,(H,21,24). The second kappa shape index (κ2) is 7.65. The number of piperazine rings is 1. The Morgan fingerprint density at radius 1 is 1.25 bits per heavy atom. The van der Waals surface area contributed by atoms with E-state index in [1.807, 2.05) is 12.1 Å². The minimum atomic E-state index is -0.350. The second-order valence-corrected chi connectivity index (χ2v) is 5.49. The lowest BCUT2D eigenvalue weighted by Crippen LogP contribution is -2.51. The second-order valence-electron chi connectivity index (χ2n) is 5.49. The quantitative estimate of drug-likeness (QED) is 0.848. The van der Waals surface area contributed by atoms with E-state index in [9.17, 15) is 9.59 Å². The molecule has 1 atom stereocenters. The molecule has 7 heteroatoms. The van der Waals surface area contributed by atoms with Crippen molar-refractivity contribution in [3.8, 4) is 0 Å². The molecular formula is C17H19N5O2. The fourth-order valence-electron chi connectivity index (χ4n) is 2.72. The first kappa shape index (κ1) is 16.1. The molecule has 124 valence electrons.